The molecule has 0 aliphatic rings. The lowest BCUT2D eigenvalue weighted by Crippen LogP contribution is -2.02. The molecule has 0 atom stereocenters. The zero-order valence-electron chi connectivity index (χ0n) is 10.7. The summed E-state index contributed by atoms with van der Waals surface area (Å²) in [4.78, 5) is 0. The maximum absolute atomic E-state index is 13.1. The standard InChI is InChI=1S/C14H16ClFN2O/c1-2-4-13-12(9-19)14(15)18(17-13)8-10-5-3-6-11(16)7-10/h3,5-7,19H,2,4,8-9H2,1H3. The Kier molecular flexibility index (Phi) is 4.56. The highest BCUT2D eigenvalue weighted by Gasteiger charge is 2.15. The SMILES string of the molecule is CCCc1nn(Cc2cccc(F)c2)c(Cl)c1CO. The first-order valence-corrected chi connectivity index (χ1v) is 6.62. The van der Waals surface area contributed by atoms with E-state index in [1.54, 1.807) is 10.7 Å². The van der Waals surface area contributed by atoms with E-state index in [4.69, 9.17) is 11.6 Å². The van der Waals surface area contributed by atoms with E-state index in [0.29, 0.717) is 17.3 Å². The summed E-state index contributed by atoms with van der Waals surface area (Å²) in [6.45, 7) is 2.31. The topological polar surface area (TPSA) is 38.0 Å². The van der Waals surface area contributed by atoms with E-state index < -0.39 is 0 Å². The second-order valence-electron chi connectivity index (χ2n) is 4.41. The van der Waals surface area contributed by atoms with Gasteiger partial charge < -0.3 is 5.11 Å². The van der Waals surface area contributed by atoms with Crippen LogP contribution in [-0.2, 0) is 19.6 Å². The van der Waals surface area contributed by atoms with Gasteiger partial charge in [0.05, 0.1) is 18.8 Å². The van der Waals surface area contributed by atoms with Crippen molar-refractivity contribution in [2.75, 3.05) is 0 Å². The highest BCUT2D eigenvalue weighted by molar-refractivity contribution is 6.30. The molecule has 1 heterocycles. The van der Waals surface area contributed by atoms with Crippen LogP contribution in [0.4, 0.5) is 4.39 Å². The van der Waals surface area contributed by atoms with Gasteiger partial charge in [0.1, 0.15) is 11.0 Å². The van der Waals surface area contributed by atoms with Gasteiger partial charge >= 0.3 is 0 Å². The van der Waals surface area contributed by atoms with Crippen molar-refractivity contribution in [1.82, 2.24) is 9.78 Å². The molecule has 3 nitrogen and oxygen atoms in total. The molecule has 0 aliphatic carbocycles. The fraction of sp³-hybridized carbons (Fsp3) is 0.357. The van der Waals surface area contributed by atoms with Crippen molar-refractivity contribution in [3.05, 3.63) is 52.1 Å². The lowest BCUT2D eigenvalue weighted by molar-refractivity contribution is 0.280. The smallest absolute Gasteiger partial charge is 0.133 e. The summed E-state index contributed by atoms with van der Waals surface area (Å²) >= 11 is 6.20. The quantitative estimate of drug-likeness (QED) is 0.915. The fourth-order valence-electron chi connectivity index (χ4n) is 2.03. The van der Waals surface area contributed by atoms with Crippen molar-refractivity contribution in [2.24, 2.45) is 0 Å². The van der Waals surface area contributed by atoms with Gasteiger partial charge in [0.15, 0.2) is 0 Å². The summed E-state index contributed by atoms with van der Waals surface area (Å²) in [7, 11) is 0. The van der Waals surface area contributed by atoms with Crippen LogP contribution in [0, 0.1) is 5.82 Å². The van der Waals surface area contributed by atoms with E-state index in [0.717, 1.165) is 24.1 Å². The molecule has 2 rings (SSSR count). The second kappa shape index (κ2) is 6.17. The molecule has 0 aliphatic heterocycles. The largest absolute Gasteiger partial charge is 0.391 e. The minimum atomic E-state index is -0.281. The summed E-state index contributed by atoms with van der Waals surface area (Å²) < 4.78 is 14.7. The number of hydrogen-bond donors (Lipinski definition) is 1. The van der Waals surface area contributed by atoms with Crippen LogP contribution in [0.5, 0.6) is 0 Å². The van der Waals surface area contributed by atoms with Crippen LogP contribution in [0.2, 0.25) is 5.15 Å². The predicted molar refractivity (Wildman–Crippen MR) is 72.7 cm³/mol. The number of rotatable bonds is 5. The van der Waals surface area contributed by atoms with Crippen LogP contribution < -0.4 is 0 Å². The first-order chi connectivity index (χ1) is 9.15. The van der Waals surface area contributed by atoms with Gasteiger partial charge in [0.25, 0.3) is 0 Å². The Labute approximate surface area is 116 Å². The van der Waals surface area contributed by atoms with Gasteiger partial charge in [-0.05, 0) is 24.1 Å². The van der Waals surface area contributed by atoms with Crippen molar-refractivity contribution < 1.29 is 9.50 Å². The molecule has 1 aromatic carbocycles. The summed E-state index contributed by atoms with van der Waals surface area (Å²) in [6, 6.07) is 6.33. The minimum absolute atomic E-state index is 0.128. The molecule has 0 amide bonds. The van der Waals surface area contributed by atoms with Gasteiger partial charge in [-0.3, -0.25) is 0 Å². The molecular formula is C14H16ClFN2O. The first kappa shape index (κ1) is 14.0. The Balaban J connectivity index is 2.30. The minimum Gasteiger partial charge on any atom is -0.391 e. The van der Waals surface area contributed by atoms with E-state index in [-0.39, 0.29) is 12.4 Å². The van der Waals surface area contributed by atoms with Crippen molar-refractivity contribution in [3.63, 3.8) is 0 Å². The van der Waals surface area contributed by atoms with Crippen LogP contribution in [0.15, 0.2) is 24.3 Å². The van der Waals surface area contributed by atoms with E-state index in [9.17, 15) is 9.50 Å². The van der Waals surface area contributed by atoms with Crippen LogP contribution in [0.25, 0.3) is 0 Å². The predicted octanol–water partition coefficient (Wildman–Crippen LogP) is 3.17. The van der Waals surface area contributed by atoms with Crippen molar-refractivity contribution >= 4 is 11.6 Å². The molecule has 1 aromatic heterocycles. The lowest BCUT2D eigenvalue weighted by atomic mass is 10.2. The Bertz CT molecular complexity index is 569. The Morgan fingerprint density at radius 3 is 2.84 bits per heavy atom. The highest BCUT2D eigenvalue weighted by Crippen LogP contribution is 2.22. The number of halogens is 2. The second-order valence-corrected chi connectivity index (χ2v) is 4.77. The lowest BCUT2D eigenvalue weighted by Gasteiger charge is -2.03. The van der Waals surface area contributed by atoms with Crippen LogP contribution in [-0.4, -0.2) is 14.9 Å². The maximum Gasteiger partial charge on any atom is 0.133 e. The zero-order chi connectivity index (χ0) is 13.8. The van der Waals surface area contributed by atoms with Crippen LogP contribution >= 0.6 is 11.6 Å². The molecular weight excluding hydrogens is 267 g/mol. The molecule has 0 spiro atoms. The normalized spacial score (nSPS) is 10.9. The molecule has 2 aromatic rings. The molecule has 0 radical (unpaired) electrons. The number of aliphatic hydroxyl groups excluding tert-OH is 1. The summed E-state index contributed by atoms with van der Waals surface area (Å²) in [5.41, 5.74) is 2.27. The first-order valence-electron chi connectivity index (χ1n) is 6.25. The van der Waals surface area contributed by atoms with E-state index >= 15 is 0 Å². The molecule has 0 unspecified atom stereocenters. The van der Waals surface area contributed by atoms with E-state index in [1.807, 2.05) is 13.0 Å². The molecule has 0 bridgehead atoms. The number of benzene rings is 1. The van der Waals surface area contributed by atoms with Crippen LogP contribution in [0.3, 0.4) is 0 Å². The van der Waals surface area contributed by atoms with Gasteiger partial charge in [-0.2, -0.15) is 5.10 Å². The number of aryl methyl sites for hydroxylation is 1. The Morgan fingerprint density at radius 1 is 1.42 bits per heavy atom. The third-order valence-corrected chi connectivity index (χ3v) is 3.35. The van der Waals surface area contributed by atoms with Gasteiger partial charge in [0, 0.05) is 5.56 Å². The Hall–Kier alpha value is -1.39. The highest BCUT2D eigenvalue weighted by atomic mass is 35.5. The van der Waals surface area contributed by atoms with Crippen molar-refractivity contribution in [1.29, 1.82) is 0 Å². The molecule has 1 N–H and O–H groups in total. The summed E-state index contributed by atoms with van der Waals surface area (Å²) in [5, 5.41) is 14.2. The molecule has 102 valence electrons. The number of hydrogen-bond acceptors (Lipinski definition) is 2. The third kappa shape index (κ3) is 3.14. The fourth-order valence-corrected chi connectivity index (χ4v) is 2.30. The average Bonchev–Trinajstić information content (AvgIpc) is 2.66. The van der Waals surface area contributed by atoms with Crippen molar-refractivity contribution in [2.45, 2.75) is 32.9 Å². The zero-order valence-corrected chi connectivity index (χ0v) is 11.5. The molecule has 5 heteroatoms. The van der Waals surface area contributed by atoms with Gasteiger partial charge in [-0.25, -0.2) is 9.07 Å². The molecule has 0 saturated carbocycles. The van der Waals surface area contributed by atoms with Gasteiger partial charge in [0.2, 0.25) is 0 Å². The van der Waals surface area contributed by atoms with E-state index in [1.165, 1.54) is 12.1 Å². The van der Waals surface area contributed by atoms with E-state index in [2.05, 4.69) is 5.10 Å². The van der Waals surface area contributed by atoms with Crippen molar-refractivity contribution in [3.8, 4) is 0 Å². The third-order valence-electron chi connectivity index (χ3n) is 2.93. The summed E-state index contributed by atoms with van der Waals surface area (Å²) in [5.74, 6) is -0.281. The van der Waals surface area contributed by atoms with Crippen LogP contribution in [0.1, 0.15) is 30.2 Å². The average molecular weight is 283 g/mol. The van der Waals surface area contributed by atoms with Gasteiger partial charge in [-0.15, -0.1) is 0 Å². The number of aromatic nitrogens is 2. The summed E-state index contributed by atoms with van der Waals surface area (Å²) in [6.07, 6.45) is 1.70. The molecule has 0 fully saturated rings. The Morgan fingerprint density at radius 2 is 2.21 bits per heavy atom. The monoisotopic (exact) mass is 282 g/mol. The van der Waals surface area contributed by atoms with Gasteiger partial charge in [-0.1, -0.05) is 37.1 Å². The number of aliphatic hydroxyl groups is 1. The molecule has 0 saturated heterocycles. The molecule has 19 heavy (non-hydrogen) atoms. The maximum atomic E-state index is 13.1. The number of nitrogens with zero attached hydrogens (tertiary/aromatic N) is 2.